The van der Waals surface area contributed by atoms with Gasteiger partial charge < -0.3 is 10.6 Å². The zero-order chi connectivity index (χ0) is 21.4. The summed E-state index contributed by atoms with van der Waals surface area (Å²) in [4.78, 5) is 9.29. The minimum Gasteiger partial charge on any atom is -0.350 e. The molecule has 0 aliphatic heterocycles. The fourth-order valence-electron chi connectivity index (χ4n) is 3.16. The van der Waals surface area contributed by atoms with Crippen LogP contribution in [0.1, 0.15) is 5.56 Å². The van der Waals surface area contributed by atoms with E-state index in [0.29, 0.717) is 18.3 Å². The van der Waals surface area contributed by atoms with E-state index in [-0.39, 0.29) is 4.90 Å². The van der Waals surface area contributed by atoms with Gasteiger partial charge in [-0.1, -0.05) is 12.1 Å². The van der Waals surface area contributed by atoms with Crippen molar-refractivity contribution in [3.05, 3.63) is 65.7 Å². The van der Waals surface area contributed by atoms with Gasteiger partial charge in [-0.15, -0.1) is 11.3 Å². The van der Waals surface area contributed by atoms with Crippen molar-refractivity contribution in [2.24, 2.45) is 5.14 Å². The van der Waals surface area contributed by atoms with Crippen LogP contribution in [0.2, 0.25) is 0 Å². The lowest BCUT2D eigenvalue weighted by molar-refractivity contribution is 0.598. The molecule has 0 spiro atoms. The van der Waals surface area contributed by atoms with Crippen molar-refractivity contribution < 1.29 is 8.42 Å². The molecule has 0 saturated carbocycles. The fraction of sp³-hybridized carbons (Fsp3) is 0.0500. The fourth-order valence-corrected chi connectivity index (χ4v) is 4.45. The predicted molar refractivity (Wildman–Crippen MR) is 122 cm³/mol. The third-order valence-corrected chi connectivity index (χ3v) is 6.55. The quantitative estimate of drug-likeness (QED) is 0.309. The number of hydrogen-bond acceptors (Lipinski definition) is 8. The van der Waals surface area contributed by atoms with Crippen LogP contribution in [0.25, 0.3) is 21.1 Å². The molecule has 0 aliphatic carbocycles. The normalized spacial score (nSPS) is 11.8. The van der Waals surface area contributed by atoms with Gasteiger partial charge in [0.2, 0.25) is 16.0 Å². The van der Waals surface area contributed by atoms with Gasteiger partial charge in [0.05, 0.1) is 26.8 Å². The minimum atomic E-state index is -3.71. The van der Waals surface area contributed by atoms with E-state index in [4.69, 9.17) is 5.14 Å². The summed E-state index contributed by atoms with van der Waals surface area (Å²) >= 11 is 1.56. The van der Waals surface area contributed by atoms with Crippen LogP contribution < -0.4 is 15.8 Å². The number of nitrogens with two attached hydrogens (primary N) is 1. The lowest BCUT2D eigenvalue weighted by Crippen LogP contribution is -2.12. The molecule has 0 radical (unpaired) electrons. The Morgan fingerprint density at radius 3 is 2.71 bits per heavy atom. The second-order valence-corrected chi connectivity index (χ2v) is 9.35. The minimum absolute atomic E-state index is 0.0771. The van der Waals surface area contributed by atoms with Gasteiger partial charge in [-0.3, -0.25) is 5.10 Å². The van der Waals surface area contributed by atoms with Crippen molar-refractivity contribution >= 4 is 59.9 Å². The molecule has 3 aromatic heterocycles. The molecule has 5 N–H and O–H groups in total. The Bertz CT molecular complexity index is 1490. The molecule has 9 nitrogen and oxygen atoms in total. The molecule has 0 atom stereocenters. The summed E-state index contributed by atoms with van der Waals surface area (Å²) in [5.74, 6) is 1.17. The number of primary sulfonamides is 1. The number of nitrogens with zero attached hydrogens (tertiary/aromatic N) is 3. The number of H-pyrrole nitrogens is 1. The molecule has 0 amide bonds. The largest absolute Gasteiger partial charge is 0.350 e. The standard InChI is InChI=1S/C20H17N7O2S2/c21-31(28,29)15-4-1-12(2-5-15)10-22-20-25-17-7-8-30-18(17)19(26-20)24-14-3-6-16-13(9-14)11-23-27-16/h1-9,11H,10H2,(H,23,27)(H2,21,28,29)(H2,22,24,25,26). The highest BCUT2D eigenvalue weighted by atomic mass is 32.2. The monoisotopic (exact) mass is 451 g/mol. The molecule has 2 aromatic carbocycles. The van der Waals surface area contributed by atoms with E-state index in [0.717, 1.165) is 32.4 Å². The average molecular weight is 452 g/mol. The van der Waals surface area contributed by atoms with E-state index in [2.05, 4.69) is 30.8 Å². The van der Waals surface area contributed by atoms with Crippen LogP contribution in [0, 0.1) is 0 Å². The number of aromatic nitrogens is 4. The predicted octanol–water partition coefficient (Wildman–Crippen LogP) is 3.57. The Kier molecular flexibility index (Phi) is 4.77. The molecular formula is C20H17N7O2S2. The first-order valence-corrected chi connectivity index (χ1v) is 11.7. The molecule has 0 aliphatic rings. The Labute approximate surface area is 181 Å². The smallest absolute Gasteiger partial charge is 0.238 e. The van der Waals surface area contributed by atoms with Crippen LogP contribution in [0.3, 0.4) is 0 Å². The molecule has 0 fully saturated rings. The van der Waals surface area contributed by atoms with E-state index in [9.17, 15) is 8.42 Å². The SMILES string of the molecule is NS(=O)(=O)c1ccc(CNc2nc(Nc3ccc4[nH]ncc4c3)c3sccc3n2)cc1. The maximum atomic E-state index is 11.4. The number of hydrogen-bond donors (Lipinski definition) is 4. The van der Waals surface area contributed by atoms with Gasteiger partial charge in [0.1, 0.15) is 0 Å². The first-order valence-electron chi connectivity index (χ1n) is 9.27. The summed E-state index contributed by atoms with van der Waals surface area (Å²) < 4.78 is 23.7. The van der Waals surface area contributed by atoms with Crippen LogP contribution in [0.15, 0.2) is 65.0 Å². The number of aromatic amines is 1. The number of nitrogens with one attached hydrogen (secondary N) is 3. The van der Waals surface area contributed by atoms with Gasteiger partial charge in [-0.2, -0.15) is 10.1 Å². The Balaban J connectivity index is 1.39. The zero-order valence-electron chi connectivity index (χ0n) is 16.0. The zero-order valence-corrected chi connectivity index (χ0v) is 17.7. The van der Waals surface area contributed by atoms with Gasteiger partial charge in [0, 0.05) is 17.6 Å². The van der Waals surface area contributed by atoms with E-state index >= 15 is 0 Å². The lowest BCUT2D eigenvalue weighted by Gasteiger charge is -2.10. The number of thiophene rings is 1. The van der Waals surface area contributed by atoms with Crippen LogP contribution in [-0.4, -0.2) is 28.6 Å². The third kappa shape index (κ3) is 4.06. The molecule has 0 bridgehead atoms. The van der Waals surface area contributed by atoms with Crippen LogP contribution in [0.5, 0.6) is 0 Å². The number of fused-ring (bicyclic) bond motifs is 2. The Morgan fingerprint density at radius 1 is 1.06 bits per heavy atom. The average Bonchev–Trinajstić information content (AvgIpc) is 3.41. The second-order valence-electron chi connectivity index (χ2n) is 6.87. The summed E-state index contributed by atoms with van der Waals surface area (Å²) in [6.07, 6.45) is 1.77. The summed E-state index contributed by atoms with van der Waals surface area (Å²) in [6.45, 7) is 0.432. The van der Waals surface area contributed by atoms with Gasteiger partial charge in [-0.05, 0) is 47.3 Å². The van der Waals surface area contributed by atoms with Gasteiger partial charge >= 0.3 is 0 Å². The maximum Gasteiger partial charge on any atom is 0.238 e. The molecular weight excluding hydrogens is 434 g/mol. The van der Waals surface area contributed by atoms with Gasteiger partial charge in [0.15, 0.2) is 5.82 Å². The van der Waals surface area contributed by atoms with E-state index in [1.165, 1.54) is 12.1 Å². The third-order valence-electron chi connectivity index (χ3n) is 4.71. The molecule has 156 valence electrons. The highest BCUT2D eigenvalue weighted by Gasteiger charge is 2.11. The molecule has 5 aromatic rings. The molecule has 31 heavy (non-hydrogen) atoms. The molecule has 0 saturated heterocycles. The van der Waals surface area contributed by atoms with E-state index in [1.54, 1.807) is 29.7 Å². The number of benzene rings is 2. The summed E-state index contributed by atoms with van der Waals surface area (Å²) in [5, 5.41) is 21.7. The highest BCUT2D eigenvalue weighted by Crippen LogP contribution is 2.30. The summed E-state index contributed by atoms with van der Waals surface area (Å²) in [5.41, 5.74) is 3.57. The topological polar surface area (TPSA) is 139 Å². The number of anilines is 3. The van der Waals surface area contributed by atoms with Crippen molar-refractivity contribution in [2.45, 2.75) is 11.4 Å². The lowest BCUT2D eigenvalue weighted by atomic mass is 10.2. The number of sulfonamides is 1. The molecule has 0 unspecified atom stereocenters. The summed E-state index contributed by atoms with van der Waals surface area (Å²) in [7, 11) is -3.71. The van der Waals surface area contributed by atoms with E-state index in [1.807, 2.05) is 29.6 Å². The van der Waals surface area contributed by atoms with Crippen LogP contribution in [0.4, 0.5) is 17.5 Å². The molecule has 3 heterocycles. The van der Waals surface area contributed by atoms with Gasteiger partial charge in [0.25, 0.3) is 0 Å². The van der Waals surface area contributed by atoms with Crippen molar-refractivity contribution in [1.82, 2.24) is 20.2 Å². The molecule has 5 rings (SSSR count). The first kappa shape index (κ1) is 19.4. The van der Waals surface area contributed by atoms with Gasteiger partial charge in [-0.25, -0.2) is 18.5 Å². The van der Waals surface area contributed by atoms with Crippen molar-refractivity contribution in [2.75, 3.05) is 10.6 Å². The van der Waals surface area contributed by atoms with Crippen molar-refractivity contribution in [3.63, 3.8) is 0 Å². The first-order chi connectivity index (χ1) is 15.0. The highest BCUT2D eigenvalue weighted by molar-refractivity contribution is 7.89. The maximum absolute atomic E-state index is 11.4. The second kappa shape index (κ2) is 7.61. The Hall–Kier alpha value is -3.54. The number of rotatable bonds is 6. The van der Waals surface area contributed by atoms with Crippen molar-refractivity contribution in [1.29, 1.82) is 0 Å². The molecule has 11 heteroatoms. The Morgan fingerprint density at radius 2 is 1.90 bits per heavy atom. The summed E-state index contributed by atoms with van der Waals surface area (Å²) in [6, 6.07) is 14.2. The van der Waals surface area contributed by atoms with Crippen LogP contribution >= 0.6 is 11.3 Å². The van der Waals surface area contributed by atoms with Crippen molar-refractivity contribution in [3.8, 4) is 0 Å². The van der Waals surface area contributed by atoms with E-state index < -0.39 is 10.0 Å². The van der Waals surface area contributed by atoms with Crippen LogP contribution in [-0.2, 0) is 16.6 Å².